The molecule has 1 heteroatoms. The Hall–Kier alpha value is -1.86. The van der Waals surface area contributed by atoms with E-state index in [1.807, 2.05) is 0 Å². The third kappa shape index (κ3) is 2.74. The largest absolute Gasteiger partial charge is 0.303 e. The first-order chi connectivity index (χ1) is 10.9. The van der Waals surface area contributed by atoms with E-state index < -0.39 is 0 Å². The molecular weight excluding hydrogens is 266 g/mol. The first kappa shape index (κ1) is 13.8. The highest BCUT2D eigenvalue weighted by molar-refractivity contribution is 5.79. The molecule has 2 bridgehead atoms. The van der Waals surface area contributed by atoms with Gasteiger partial charge in [-0.05, 0) is 54.5 Å². The van der Waals surface area contributed by atoms with E-state index in [1.165, 1.54) is 49.2 Å². The van der Waals surface area contributed by atoms with Gasteiger partial charge < -0.3 is 4.90 Å². The highest BCUT2D eigenvalue weighted by atomic mass is 15.1. The van der Waals surface area contributed by atoms with Crippen molar-refractivity contribution < 1.29 is 0 Å². The van der Waals surface area contributed by atoms with Gasteiger partial charge in [0, 0.05) is 6.54 Å². The van der Waals surface area contributed by atoms with E-state index in [0.29, 0.717) is 5.92 Å². The second-order valence-electron chi connectivity index (χ2n) is 6.61. The Balaban J connectivity index is 1.73. The Bertz CT molecular complexity index is 595. The summed E-state index contributed by atoms with van der Waals surface area (Å²) in [7, 11) is 0. The predicted octanol–water partition coefficient (Wildman–Crippen LogP) is 4.46. The minimum Gasteiger partial charge on any atom is -0.303 e. The topological polar surface area (TPSA) is 3.24 Å². The molecule has 3 saturated heterocycles. The summed E-state index contributed by atoms with van der Waals surface area (Å²) in [6, 6.07) is 21.7. The number of rotatable bonds is 3. The highest BCUT2D eigenvalue weighted by Crippen LogP contribution is 2.36. The number of hydrogen-bond donors (Lipinski definition) is 0. The van der Waals surface area contributed by atoms with Gasteiger partial charge in [0.25, 0.3) is 0 Å². The Morgan fingerprint density at radius 1 is 0.818 bits per heavy atom. The van der Waals surface area contributed by atoms with Crippen molar-refractivity contribution >= 4 is 5.57 Å². The number of nitrogens with zero attached hydrogens (tertiary/aromatic N) is 1. The van der Waals surface area contributed by atoms with E-state index in [4.69, 9.17) is 0 Å². The van der Waals surface area contributed by atoms with E-state index in [-0.39, 0.29) is 0 Å². The number of benzene rings is 2. The molecule has 0 N–H and O–H groups in total. The Morgan fingerprint density at radius 2 is 1.36 bits per heavy atom. The third-order valence-corrected chi connectivity index (χ3v) is 5.26. The van der Waals surface area contributed by atoms with Gasteiger partial charge in [-0.3, -0.25) is 0 Å². The fourth-order valence-electron chi connectivity index (χ4n) is 4.01. The molecule has 5 rings (SSSR count). The summed E-state index contributed by atoms with van der Waals surface area (Å²) in [5.74, 6) is 1.59. The zero-order valence-electron chi connectivity index (χ0n) is 13.0. The molecule has 0 amide bonds. The molecule has 1 nitrogen and oxygen atoms in total. The van der Waals surface area contributed by atoms with Gasteiger partial charge in [-0.15, -0.1) is 0 Å². The maximum atomic E-state index is 2.63. The van der Waals surface area contributed by atoms with E-state index in [1.54, 1.807) is 0 Å². The normalized spacial score (nSPS) is 26.6. The third-order valence-electron chi connectivity index (χ3n) is 5.26. The number of piperidine rings is 3. The van der Waals surface area contributed by atoms with Gasteiger partial charge in [0.2, 0.25) is 0 Å². The summed E-state index contributed by atoms with van der Waals surface area (Å²) < 4.78 is 0. The molecular formula is C21H23N. The zero-order chi connectivity index (χ0) is 14.8. The van der Waals surface area contributed by atoms with E-state index >= 15 is 0 Å². The molecule has 112 valence electrons. The second-order valence-corrected chi connectivity index (χ2v) is 6.61. The summed E-state index contributed by atoms with van der Waals surface area (Å²) >= 11 is 0. The summed E-state index contributed by atoms with van der Waals surface area (Å²) in [6.07, 6.45) is 5.30. The van der Waals surface area contributed by atoms with Crippen molar-refractivity contribution in [2.45, 2.75) is 12.8 Å². The van der Waals surface area contributed by atoms with Gasteiger partial charge in [0.05, 0.1) is 0 Å². The van der Waals surface area contributed by atoms with Crippen LogP contribution >= 0.6 is 0 Å². The van der Waals surface area contributed by atoms with Crippen molar-refractivity contribution in [3.05, 3.63) is 77.9 Å². The van der Waals surface area contributed by atoms with Crippen LogP contribution in [0.2, 0.25) is 0 Å². The lowest BCUT2D eigenvalue weighted by atomic mass is 9.77. The zero-order valence-corrected chi connectivity index (χ0v) is 13.0. The van der Waals surface area contributed by atoms with E-state index in [2.05, 4.69) is 71.6 Å². The van der Waals surface area contributed by atoms with Crippen molar-refractivity contribution in [2.75, 3.05) is 19.6 Å². The minimum atomic E-state index is 0.706. The lowest BCUT2D eigenvalue weighted by Gasteiger charge is -2.44. The smallest absolute Gasteiger partial charge is 0.00473 e. The standard InChI is InChI=1S/C21H23N/c1-3-7-18(8-4-1)21(19-9-5-2-6-10-19)15-20-16-22-13-11-17(20)12-14-22/h1-10,15,17,20H,11-14,16H2/t20-/m0/s1. The second kappa shape index (κ2) is 6.10. The molecule has 0 radical (unpaired) electrons. The van der Waals surface area contributed by atoms with Crippen LogP contribution in [-0.4, -0.2) is 24.5 Å². The molecule has 0 unspecified atom stereocenters. The highest BCUT2D eigenvalue weighted by Gasteiger charge is 2.33. The van der Waals surface area contributed by atoms with Crippen LogP contribution in [0.4, 0.5) is 0 Å². The Kier molecular flexibility index (Phi) is 3.82. The van der Waals surface area contributed by atoms with Crippen molar-refractivity contribution in [3.8, 4) is 0 Å². The average molecular weight is 289 g/mol. The molecule has 0 saturated carbocycles. The molecule has 0 spiro atoms. The van der Waals surface area contributed by atoms with Crippen molar-refractivity contribution in [3.63, 3.8) is 0 Å². The van der Waals surface area contributed by atoms with E-state index in [9.17, 15) is 0 Å². The lowest BCUT2D eigenvalue weighted by molar-refractivity contribution is 0.0738. The fraction of sp³-hybridized carbons (Fsp3) is 0.333. The maximum absolute atomic E-state index is 2.63. The van der Waals surface area contributed by atoms with Crippen LogP contribution in [0.15, 0.2) is 66.7 Å². The minimum absolute atomic E-state index is 0.706. The van der Waals surface area contributed by atoms with Crippen LogP contribution < -0.4 is 0 Å². The molecule has 3 aliphatic rings. The van der Waals surface area contributed by atoms with Crippen molar-refractivity contribution in [1.82, 2.24) is 4.90 Å². The van der Waals surface area contributed by atoms with Gasteiger partial charge >= 0.3 is 0 Å². The first-order valence-corrected chi connectivity index (χ1v) is 8.45. The molecule has 0 aromatic heterocycles. The molecule has 0 aliphatic carbocycles. The number of fused-ring (bicyclic) bond motifs is 3. The Morgan fingerprint density at radius 3 is 1.82 bits per heavy atom. The summed E-state index contributed by atoms with van der Waals surface area (Å²) in [5, 5.41) is 0. The molecule has 3 heterocycles. The summed E-state index contributed by atoms with van der Waals surface area (Å²) in [6.45, 7) is 3.86. The SMILES string of the molecule is C(=C(c1ccccc1)c1ccccc1)[C@H]1CN2CCC1CC2. The quantitative estimate of drug-likeness (QED) is 0.806. The van der Waals surface area contributed by atoms with Crippen molar-refractivity contribution in [1.29, 1.82) is 0 Å². The lowest BCUT2D eigenvalue weighted by Crippen LogP contribution is -2.46. The van der Waals surface area contributed by atoms with Crippen LogP contribution in [0.3, 0.4) is 0 Å². The Labute approximate surface area is 133 Å². The number of hydrogen-bond acceptors (Lipinski definition) is 1. The molecule has 22 heavy (non-hydrogen) atoms. The molecule has 3 aliphatic heterocycles. The van der Waals surface area contributed by atoms with Gasteiger partial charge in [-0.2, -0.15) is 0 Å². The molecule has 2 aromatic rings. The average Bonchev–Trinajstić information content (AvgIpc) is 2.62. The van der Waals surface area contributed by atoms with Gasteiger partial charge in [-0.25, -0.2) is 0 Å². The molecule has 1 atom stereocenters. The predicted molar refractivity (Wildman–Crippen MR) is 92.6 cm³/mol. The molecule has 3 fully saturated rings. The summed E-state index contributed by atoms with van der Waals surface area (Å²) in [5.41, 5.74) is 4.08. The first-order valence-electron chi connectivity index (χ1n) is 8.45. The summed E-state index contributed by atoms with van der Waals surface area (Å²) in [4.78, 5) is 2.63. The maximum Gasteiger partial charge on any atom is 0.00473 e. The van der Waals surface area contributed by atoms with Crippen LogP contribution in [0.25, 0.3) is 5.57 Å². The van der Waals surface area contributed by atoms with Crippen LogP contribution in [0.1, 0.15) is 24.0 Å². The van der Waals surface area contributed by atoms with Gasteiger partial charge in [0.15, 0.2) is 0 Å². The monoisotopic (exact) mass is 289 g/mol. The van der Waals surface area contributed by atoms with Gasteiger partial charge in [0.1, 0.15) is 0 Å². The fourth-order valence-corrected chi connectivity index (χ4v) is 4.01. The van der Waals surface area contributed by atoms with Crippen LogP contribution in [0, 0.1) is 11.8 Å². The van der Waals surface area contributed by atoms with Gasteiger partial charge in [-0.1, -0.05) is 66.7 Å². The van der Waals surface area contributed by atoms with Crippen LogP contribution in [0.5, 0.6) is 0 Å². The van der Waals surface area contributed by atoms with E-state index in [0.717, 1.165) is 5.92 Å². The van der Waals surface area contributed by atoms with Crippen molar-refractivity contribution in [2.24, 2.45) is 11.8 Å². The molecule has 2 aromatic carbocycles. The van der Waals surface area contributed by atoms with Crippen LogP contribution in [-0.2, 0) is 0 Å².